The number of nitrogens with one attached hydrogen (secondary N) is 1. The van der Waals surface area contributed by atoms with Crippen molar-refractivity contribution in [1.29, 1.82) is 0 Å². The van der Waals surface area contributed by atoms with Crippen molar-refractivity contribution in [2.75, 3.05) is 5.32 Å². The summed E-state index contributed by atoms with van der Waals surface area (Å²) in [5.74, 6) is 0.984. The zero-order valence-electron chi connectivity index (χ0n) is 22.8. The molecular formula is C33H33N5O. The van der Waals surface area contributed by atoms with Crippen molar-refractivity contribution in [2.24, 2.45) is 0 Å². The van der Waals surface area contributed by atoms with Crippen LogP contribution in [-0.2, 0) is 13.0 Å². The molecule has 1 aliphatic heterocycles. The number of hydrogen-bond acceptors (Lipinski definition) is 2. The van der Waals surface area contributed by atoms with Gasteiger partial charge in [-0.1, -0.05) is 61.0 Å². The van der Waals surface area contributed by atoms with Crippen LogP contribution in [0.1, 0.15) is 52.2 Å². The number of para-hydroxylation sites is 1. The molecule has 6 heteroatoms. The molecule has 6 nitrogen and oxygen atoms in total. The number of aromatic nitrogens is 3. The quantitative estimate of drug-likeness (QED) is 0.273. The molecule has 3 aromatic carbocycles. The van der Waals surface area contributed by atoms with Gasteiger partial charge >= 0.3 is 6.03 Å². The van der Waals surface area contributed by atoms with E-state index in [0.717, 1.165) is 62.8 Å². The van der Waals surface area contributed by atoms with Gasteiger partial charge in [0, 0.05) is 17.4 Å². The Kier molecular flexibility index (Phi) is 6.31. The van der Waals surface area contributed by atoms with Crippen LogP contribution in [0.4, 0.5) is 10.5 Å². The van der Waals surface area contributed by atoms with E-state index in [0.29, 0.717) is 6.54 Å². The summed E-state index contributed by atoms with van der Waals surface area (Å²) in [6.45, 7) is 8.75. The maximum Gasteiger partial charge on any atom is 0.322 e. The minimum atomic E-state index is -0.285. The molecular weight excluding hydrogens is 482 g/mol. The maximum atomic E-state index is 14.2. The lowest BCUT2D eigenvalue weighted by Crippen LogP contribution is -2.38. The van der Waals surface area contributed by atoms with Crippen molar-refractivity contribution in [3.63, 3.8) is 0 Å². The van der Waals surface area contributed by atoms with E-state index in [1.165, 1.54) is 0 Å². The third-order valence-electron chi connectivity index (χ3n) is 7.40. The molecule has 0 saturated heterocycles. The Bertz CT molecular complexity index is 1640. The number of nitrogens with zero attached hydrogens (tertiary/aromatic N) is 4. The lowest BCUT2D eigenvalue weighted by molar-refractivity contribution is 0.194. The zero-order valence-corrected chi connectivity index (χ0v) is 22.8. The number of fused-ring (bicyclic) bond motifs is 3. The molecule has 1 atom stereocenters. The van der Waals surface area contributed by atoms with Crippen molar-refractivity contribution in [3.8, 4) is 11.5 Å². The van der Waals surface area contributed by atoms with E-state index < -0.39 is 0 Å². The summed E-state index contributed by atoms with van der Waals surface area (Å²) >= 11 is 0. The first-order valence-corrected chi connectivity index (χ1v) is 13.5. The number of urea groups is 1. The molecule has 0 saturated carbocycles. The highest BCUT2D eigenvalue weighted by Gasteiger charge is 2.36. The van der Waals surface area contributed by atoms with Gasteiger partial charge in [0.2, 0.25) is 0 Å². The summed E-state index contributed by atoms with van der Waals surface area (Å²) < 4.78 is 4.24. The highest BCUT2D eigenvalue weighted by Crippen LogP contribution is 2.39. The van der Waals surface area contributed by atoms with Crippen LogP contribution in [0.2, 0.25) is 0 Å². The lowest BCUT2D eigenvalue weighted by Gasteiger charge is -2.31. The molecule has 0 fully saturated rings. The number of amides is 2. The normalized spacial score (nSPS) is 14.5. The molecule has 0 unspecified atom stereocenters. The van der Waals surface area contributed by atoms with Gasteiger partial charge in [-0.25, -0.2) is 9.48 Å². The Morgan fingerprint density at radius 1 is 0.897 bits per heavy atom. The van der Waals surface area contributed by atoms with Gasteiger partial charge in [0.05, 0.1) is 29.7 Å². The largest absolute Gasteiger partial charge is 0.322 e. The van der Waals surface area contributed by atoms with Crippen molar-refractivity contribution in [3.05, 3.63) is 130 Å². The fourth-order valence-electron chi connectivity index (χ4n) is 5.78. The number of carbonyl (C=O) groups is 1. The fraction of sp³-hybridized carbons (Fsp3) is 0.212. The summed E-state index contributed by atoms with van der Waals surface area (Å²) in [6.07, 6.45) is 2.85. The average molecular weight is 516 g/mol. The van der Waals surface area contributed by atoms with Crippen molar-refractivity contribution < 1.29 is 4.79 Å². The predicted octanol–water partition coefficient (Wildman–Crippen LogP) is 7.29. The standard InChI is InChI=1S/C33H33N5O/c1-5-29-28-21-37(33(39)34-26-19-23(3)17-24(4)20-26)31(25-12-9-11-22(2)18-25)30-15-10-16-36(30)32(28)38(35-29)27-13-7-6-8-14-27/h6-20,31H,5,21H2,1-4H3,(H,34,39)/t31-/m0/s1. The number of carbonyl (C=O) groups excluding carboxylic acids is 1. The van der Waals surface area contributed by atoms with Crippen molar-refractivity contribution in [1.82, 2.24) is 19.2 Å². The molecule has 3 heterocycles. The molecule has 39 heavy (non-hydrogen) atoms. The van der Waals surface area contributed by atoms with E-state index in [9.17, 15) is 4.79 Å². The molecule has 196 valence electrons. The second-order valence-electron chi connectivity index (χ2n) is 10.4. The predicted molar refractivity (Wildman–Crippen MR) is 156 cm³/mol. The molecule has 2 amide bonds. The average Bonchev–Trinajstić information content (AvgIpc) is 3.49. The van der Waals surface area contributed by atoms with Crippen molar-refractivity contribution >= 4 is 11.7 Å². The molecule has 0 aliphatic carbocycles. The third-order valence-corrected chi connectivity index (χ3v) is 7.40. The molecule has 0 spiro atoms. The Labute approximate surface area is 229 Å². The van der Waals surface area contributed by atoms with Gasteiger partial charge < -0.3 is 14.8 Å². The maximum absolute atomic E-state index is 14.2. The summed E-state index contributed by atoms with van der Waals surface area (Å²) in [4.78, 5) is 16.2. The zero-order chi connectivity index (χ0) is 27.1. The van der Waals surface area contributed by atoms with Crippen LogP contribution in [0.5, 0.6) is 0 Å². The number of hydrogen-bond donors (Lipinski definition) is 1. The van der Waals surface area contributed by atoms with E-state index in [4.69, 9.17) is 5.10 Å². The second kappa shape index (κ2) is 9.95. The Morgan fingerprint density at radius 2 is 1.67 bits per heavy atom. The first-order valence-electron chi connectivity index (χ1n) is 13.5. The van der Waals surface area contributed by atoms with Crippen LogP contribution in [-0.4, -0.2) is 25.3 Å². The monoisotopic (exact) mass is 515 g/mol. The number of aryl methyl sites for hydroxylation is 4. The summed E-state index contributed by atoms with van der Waals surface area (Å²) in [7, 11) is 0. The highest BCUT2D eigenvalue weighted by atomic mass is 16.2. The molecule has 0 radical (unpaired) electrons. The van der Waals surface area contributed by atoms with Crippen LogP contribution in [0.3, 0.4) is 0 Å². The molecule has 1 N–H and O–H groups in total. The Hall–Kier alpha value is -4.58. The minimum Gasteiger partial charge on any atom is -0.308 e. The molecule has 2 aromatic heterocycles. The number of benzene rings is 3. The summed E-state index contributed by atoms with van der Waals surface area (Å²) in [6, 6.07) is 28.6. The van der Waals surface area contributed by atoms with Gasteiger partial charge in [0.25, 0.3) is 0 Å². The summed E-state index contributed by atoms with van der Waals surface area (Å²) in [5, 5.41) is 8.27. The van der Waals surface area contributed by atoms with Gasteiger partial charge in [-0.2, -0.15) is 5.10 Å². The lowest BCUT2D eigenvalue weighted by atomic mass is 10.00. The summed E-state index contributed by atoms with van der Waals surface area (Å²) in [5.41, 5.74) is 9.33. The van der Waals surface area contributed by atoms with Gasteiger partial charge in [-0.15, -0.1) is 0 Å². The van der Waals surface area contributed by atoms with E-state index in [2.05, 4.69) is 98.4 Å². The third kappa shape index (κ3) is 4.52. The topological polar surface area (TPSA) is 55.1 Å². The van der Waals surface area contributed by atoms with Crippen LogP contribution in [0, 0.1) is 20.8 Å². The van der Waals surface area contributed by atoms with Crippen molar-refractivity contribution in [2.45, 2.75) is 46.7 Å². The smallest absolute Gasteiger partial charge is 0.308 e. The van der Waals surface area contributed by atoms with Crippen LogP contribution < -0.4 is 5.32 Å². The van der Waals surface area contributed by atoms with E-state index in [1.54, 1.807) is 0 Å². The SMILES string of the molecule is CCc1nn(-c2ccccc2)c2c1CN(C(=O)Nc1cc(C)cc(C)c1)[C@@H](c1cccc(C)c1)c1cccn1-2. The number of rotatable bonds is 4. The number of anilines is 1. The Morgan fingerprint density at radius 3 is 2.38 bits per heavy atom. The van der Waals surface area contributed by atoms with Crippen LogP contribution >= 0.6 is 0 Å². The first-order chi connectivity index (χ1) is 18.9. The van der Waals surface area contributed by atoms with E-state index >= 15 is 0 Å². The Balaban J connectivity index is 1.55. The fourth-order valence-corrected chi connectivity index (χ4v) is 5.78. The molecule has 6 rings (SSSR count). The first kappa shape index (κ1) is 24.7. The molecule has 1 aliphatic rings. The van der Waals surface area contributed by atoms with Crippen LogP contribution in [0.15, 0.2) is 91.1 Å². The highest BCUT2D eigenvalue weighted by molar-refractivity contribution is 5.90. The van der Waals surface area contributed by atoms with E-state index in [-0.39, 0.29) is 12.1 Å². The van der Waals surface area contributed by atoms with Gasteiger partial charge in [0.15, 0.2) is 0 Å². The molecule has 0 bridgehead atoms. The van der Waals surface area contributed by atoms with Gasteiger partial charge in [0.1, 0.15) is 5.82 Å². The minimum absolute atomic E-state index is 0.137. The van der Waals surface area contributed by atoms with Gasteiger partial charge in [-0.3, -0.25) is 0 Å². The molecule has 5 aromatic rings. The van der Waals surface area contributed by atoms with E-state index in [1.807, 2.05) is 39.9 Å². The van der Waals surface area contributed by atoms with Crippen LogP contribution in [0.25, 0.3) is 11.5 Å². The second-order valence-corrected chi connectivity index (χ2v) is 10.4. The van der Waals surface area contributed by atoms with Gasteiger partial charge in [-0.05, 0) is 80.3 Å².